The molecule has 0 saturated carbocycles. The fraction of sp³-hybridized carbons (Fsp3) is 0.323. The fourth-order valence-corrected chi connectivity index (χ4v) is 7.81. The minimum Gasteiger partial charge on any atom is -0.493 e. The predicted octanol–water partition coefficient (Wildman–Crippen LogP) is 4.41. The Labute approximate surface area is 221 Å². The van der Waals surface area contributed by atoms with E-state index in [1.165, 1.54) is 0 Å². The number of para-hydroxylation sites is 2. The number of aryl methyl sites for hydroxylation is 1. The molecule has 4 atom stereocenters. The summed E-state index contributed by atoms with van der Waals surface area (Å²) in [6.45, 7) is 4.91. The first-order valence-corrected chi connectivity index (χ1v) is 13.3. The molecule has 0 radical (unpaired) electrons. The highest BCUT2D eigenvalue weighted by molar-refractivity contribution is 6.21. The minimum absolute atomic E-state index is 0.163. The summed E-state index contributed by atoms with van der Waals surface area (Å²) in [5, 5.41) is 6.19. The third kappa shape index (κ3) is 2.59. The zero-order valence-electron chi connectivity index (χ0n) is 21.4. The molecular weight excluding hydrogens is 478 g/mol. The molecule has 2 spiro atoms. The summed E-state index contributed by atoms with van der Waals surface area (Å²) in [6, 6.07) is 20.4. The first-order chi connectivity index (χ1) is 18.5. The summed E-state index contributed by atoms with van der Waals surface area (Å²) < 4.78 is 5.87. The van der Waals surface area contributed by atoms with Gasteiger partial charge in [-0.25, -0.2) is 0 Å². The second kappa shape index (κ2) is 8.01. The lowest BCUT2D eigenvalue weighted by molar-refractivity contribution is -0.137. The Bertz CT molecular complexity index is 1530. The van der Waals surface area contributed by atoms with Gasteiger partial charge in [0, 0.05) is 23.0 Å². The summed E-state index contributed by atoms with van der Waals surface area (Å²) in [5.74, 6) is -0.995. The molecule has 7 nitrogen and oxygen atoms in total. The summed E-state index contributed by atoms with van der Waals surface area (Å²) in [5.41, 5.74) is 1.47. The van der Waals surface area contributed by atoms with Gasteiger partial charge in [0.1, 0.15) is 16.7 Å². The monoisotopic (exact) mass is 507 g/mol. The highest BCUT2D eigenvalue weighted by Gasteiger charge is 2.81. The molecule has 4 aliphatic rings. The Hall–Kier alpha value is -3.97. The number of Topliss-reactive ketones (excluding diaryl/α,β-unsaturated/α-hetero) is 1. The third-order valence-corrected chi connectivity index (χ3v) is 8.99. The zero-order chi connectivity index (χ0) is 26.2. The van der Waals surface area contributed by atoms with E-state index in [1.54, 1.807) is 12.1 Å². The van der Waals surface area contributed by atoms with Crippen molar-refractivity contribution >= 4 is 29.0 Å². The van der Waals surface area contributed by atoms with Crippen LogP contribution in [-0.4, -0.2) is 41.7 Å². The molecule has 4 heterocycles. The quantitative estimate of drug-likeness (QED) is 0.511. The molecule has 2 N–H and O–H groups in total. The average Bonchev–Trinajstić information content (AvgIpc) is 3.63. The van der Waals surface area contributed by atoms with Crippen LogP contribution in [0.15, 0.2) is 66.7 Å². The number of rotatable bonds is 4. The van der Waals surface area contributed by atoms with Gasteiger partial charge in [-0.1, -0.05) is 48.0 Å². The first kappa shape index (κ1) is 23.2. The van der Waals surface area contributed by atoms with Gasteiger partial charge in [-0.3, -0.25) is 19.3 Å². The van der Waals surface area contributed by atoms with E-state index in [-0.39, 0.29) is 23.6 Å². The molecule has 7 rings (SSSR count). The largest absolute Gasteiger partial charge is 0.493 e. The van der Waals surface area contributed by atoms with Crippen molar-refractivity contribution in [2.45, 2.75) is 43.7 Å². The Morgan fingerprint density at radius 1 is 0.974 bits per heavy atom. The normalized spacial score (nSPS) is 28.8. The van der Waals surface area contributed by atoms with E-state index in [9.17, 15) is 14.4 Å². The number of anilines is 2. The lowest BCUT2D eigenvalue weighted by atomic mass is 9.57. The maximum absolute atomic E-state index is 14.8. The van der Waals surface area contributed by atoms with Crippen molar-refractivity contribution in [3.63, 3.8) is 0 Å². The van der Waals surface area contributed by atoms with E-state index in [2.05, 4.69) is 15.5 Å². The van der Waals surface area contributed by atoms with Gasteiger partial charge in [0.05, 0.1) is 18.1 Å². The molecule has 3 aromatic carbocycles. The number of ether oxygens (including phenoxy) is 1. The Kier molecular flexibility index (Phi) is 4.89. The maximum atomic E-state index is 14.8. The van der Waals surface area contributed by atoms with Crippen LogP contribution in [-0.2, 0) is 20.5 Å². The molecule has 2 fully saturated rings. The van der Waals surface area contributed by atoms with Crippen LogP contribution in [0.4, 0.5) is 11.4 Å². The van der Waals surface area contributed by atoms with Crippen LogP contribution < -0.4 is 15.4 Å². The topological polar surface area (TPSA) is 87.7 Å². The second-order valence-corrected chi connectivity index (χ2v) is 10.7. The lowest BCUT2D eigenvalue weighted by Gasteiger charge is -2.43. The lowest BCUT2D eigenvalue weighted by Crippen LogP contribution is -2.62. The zero-order valence-corrected chi connectivity index (χ0v) is 21.4. The first-order valence-electron chi connectivity index (χ1n) is 13.3. The van der Waals surface area contributed by atoms with Crippen molar-refractivity contribution in [3.8, 4) is 5.75 Å². The number of nitrogens with one attached hydrogen (secondary N) is 2. The van der Waals surface area contributed by atoms with E-state index in [4.69, 9.17) is 4.74 Å². The number of carbonyl (C=O) groups excluding carboxylic acids is 3. The highest BCUT2D eigenvalue weighted by Crippen LogP contribution is 2.68. The molecule has 0 aliphatic carbocycles. The molecule has 7 heteroatoms. The fourth-order valence-electron chi connectivity index (χ4n) is 7.81. The smallest absolute Gasteiger partial charge is 0.251 e. The van der Waals surface area contributed by atoms with Crippen LogP contribution in [0.3, 0.4) is 0 Å². The molecule has 38 heavy (non-hydrogen) atoms. The van der Waals surface area contributed by atoms with Crippen molar-refractivity contribution in [1.29, 1.82) is 0 Å². The van der Waals surface area contributed by atoms with Gasteiger partial charge in [0.2, 0.25) is 5.91 Å². The van der Waals surface area contributed by atoms with Gasteiger partial charge < -0.3 is 15.4 Å². The molecule has 2 saturated heterocycles. The molecule has 3 aromatic rings. The van der Waals surface area contributed by atoms with Gasteiger partial charge >= 0.3 is 0 Å². The van der Waals surface area contributed by atoms with Crippen LogP contribution in [0.25, 0.3) is 0 Å². The number of amides is 2. The minimum atomic E-state index is -1.45. The Morgan fingerprint density at radius 2 is 1.71 bits per heavy atom. The summed E-state index contributed by atoms with van der Waals surface area (Å²) >= 11 is 0. The van der Waals surface area contributed by atoms with Gasteiger partial charge in [0.15, 0.2) is 5.78 Å². The molecule has 0 unspecified atom stereocenters. The number of hydrogen-bond donors (Lipinski definition) is 2. The van der Waals surface area contributed by atoms with Crippen LogP contribution in [0, 0.1) is 12.8 Å². The van der Waals surface area contributed by atoms with E-state index in [1.807, 2.05) is 68.4 Å². The molecule has 0 aromatic heterocycles. The van der Waals surface area contributed by atoms with Crippen molar-refractivity contribution in [1.82, 2.24) is 4.90 Å². The van der Waals surface area contributed by atoms with Gasteiger partial charge in [-0.15, -0.1) is 0 Å². The summed E-state index contributed by atoms with van der Waals surface area (Å²) in [4.78, 5) is 46.0. The standard InChI is InChI=1S/C31H29N3O4/c1-3-38-25-13-7-4-9-19(25)27(35)26-24-12-8-16-34(24)31(21-17-18(2)14-15-23(21)33-29(31)37)30(26)20-10-5-6-11-22(20)32-28(30)36/h4-7,9-11,13-15,17,24,26H,3,8,12,16H2,1-2H3,(H,32,36)(H,33,37)/t24-,26-,30+,31-/m0/s1. The Balaban J connectivity index is 1.58. The third-order valence-electron chi connectivity index (χ3n) is 8.99. The van der Waals surface area contributed by atoms with Crippen LogP contribution in [0.2, 0.25) is 0 Å². The van der Waals surface area contributed by atoms with Crippen molar-refractivity contribution in [3.05, 3.63) is 89.0 Å². The van der Waals surface area contributed by atoms with E-state index >= 15 is 0 Å². The average molecular weight is 508 g/mol. The predicted molar refractivity (Wildman–Crippen MR) is 143 cm³/mol. The Morgan fingerprint density at radius 3 is 2.55 bits per heavy atom. The van der Waals surface area contributed by atoms with E-state index in [0.29, 0.717) is 41.4 Å². The van der Waals surface area contributed by atoms with Crippen molar-refractivity contribution in [2.24, 2.45) is 5.92 Å². The van der Waals surface area contributed by atoms with Crippen molar-refractivity contribution in [2.75, 3.05) is 23.8 Å². The number of fused-ring (bicyclic) bond motifs is 7. The van der Waals surface area contributed by atoms with Crippen LogP contribution in [0.5, 0.6) is 5.75 Å². The summed E-state index contributed by atoms with van der Waals surface area (Å²) in [7, 11) is 0. The van der Waals surface area contributed by atoms with E-state index < -0.39 is 16.9 Å². The summed E-state index contributed by atoms with van der Waals surface area (Å²) in [6.07, 6.45) is 1.57. The SMILES string of the molecule is CCOc1ccccc1C(=O)[C@@H]1[C@@H]2CCCN2[C@@]2(C(=O)Nc3ccc(C)cc32)[C@@]12C(=O)Nc1ccccc12. The molecule has 192 valence electrons. The number of hydrogen-bond acceptors (Lipinski definition) is 5. The molecule has 4 aliphatic heterocycles. The van der Waals surface area contributed by atoms with Gasteiger partial charge in [-0.05, 0) is 63.1 Å². The molecule has 0 bridgehead atoms. The number of benzene rings is 3. The highest BCUT2D eigenvalue weighted by atomic mass is 16.5. The number of carbonyl (C=O) groups is 3. The maximum Gasteiger partial charge on any atom is 0.251 e. The van der Waals surface area contributed by atoms with E-state index in [0.717, 1.165) is 24.0 Å². The van der Waals surface area contributed by atoms with Crippen molar-refractivity contribution < 1.29 is 19.1 Å². The second-order valence-electron chi connectivity index (χ2n) is 10.7. The van der Waals surface area contributed by atoms with Crippen LogP contribution in [0.1, 0.15) is 46.8 Å². The van der Waals surface area contributed by atoms with Crippen LogP contribution >= 0.6 is 0 Å². The number of nitrogens with zero attached hydrogens (tertiary/aromatic N) is 1. The number of ketones is 1. The van der Waals surface area contributed by atoms with Gasteiger partial charge in [-0.2, -0.15) is 0 Å². The molecular formula is C31H29N3O4. The molecule has 2 amide bonds. The van der Waals surface area contributed by atoms with Gasteiger partial charge in [0.25, 0.3) is 5.91 Å².